The molecule has 2 aromatic rings. The molecule has 0 unspecified atom stereocenters. The number of rotatable bonds is 5. The molecule has 4 nitrogen and oxygen atoms in total. The van der Waals surface area contributed by atoms with Gasteiger partial charge in [-0.05, 0) is 29.7 Å². The first-order chi connectivity index (χ1) is 9.50. The normalized spacial score (nSPS) is 11.3. The highest BCUT2D eigenvalue weighted by Gasteiger charge is 2.13. The van der Waals surface area contributed by atoms with Crippen molar-refractivity contribution in [3.8, 4) is 0 Å². The van der Waals surface area contributed by atoms with Crippen LogP contribution in [0.2, 0.25) is 0 Å². The Morgan fingerprint density at radius 2 is 1.75 bits per heavy atom. The molecular weight excluding hydrogens is 272 g/mol. The zero-order valence-corrected chi connectivity index (χ0v) is 12.2. The van der Waals surface area contributed by atoms with E-state index >= 15 is 0 Å². The first-order valence-corrected chi connectivity index (χ1v) is 7.99. The first kappa shape index (κ1) is 14.6. The molecule has 20 heavy (non-hydrogen) atoms. The second-order valence-electron chi connectivity index (χ2n) is 4.70. The summed E-state index contributed by atoms with van der Waals surface area (Å²) in [7, 11) is -3.43. The molecule has 0 heterocycles. The van der Waals surface area contributed by atoms with Crippen molar-refractivity contribution >= 4 is 15.7 Å². The smallest absolute Gasteiger partial charge is 0.236 e. The van der Waals surface area contributed by atoms with Gasteiger partial charge in [0.05, 0.1) is 11.4 Å². The molecule has 0 saturated carbocycles. The van der Waals surface area contributed by atoms with Crippen LogP contribution >= 0.6 is 0 Å². The highest BCUT2D eigenvalue weighted by molar-refractivity contribution is 7.91. The number of nitrogens with one attached hydrogen (secondary N) is 1. The number of benzene rings is 2. The van der Waals surface area contributed by atoms with Gasteiger partial charge < -0.3 is 5.73 Å². The molecule has 5 heteroatoms. The summed E-state index contributed by atoms with van der Waals surface area (Å²) < 4.78 is 27.0. The van der Waals surface area contributed by atoms with Gasteiger partial charge in [-0.1, -0.05) is 42.5 Å². The summed E-state index contributed by atoms with van der Waals surface area (Å²) >= 11 is 0. The van der Waals surface area contributed by atoms with E-state index in [-0.39, 0.29) is 5.75 Å². The van der Waals surface area contributed by atoms with E-state index in [0.29, 0.717) is 12.2 Å². The lowest BCUT2D eigenvalue weighted by Gasteiger charge is -2.10. The summed E-state index contributed by atoms with van der Waals surface area (Å²) in [5.41, 5.74) is 8.72. The second-order valence-corrected chi connectivity index (χ2v) is 6.42. The number of anilines is 1. The summed E-state index contributed by atoms with van der Waals surface area (Å²) in [5, 5.41) is 0. The first-order valence-electron chi connectivity index (χ1n) is 6.34. The van der Waals surface area contributed by atoms with Crippen molar-refractivity contribution in [2.45, 2.75) is 19.2 Å². The van der Waals surface area contributed by atoms with Gasteiger partial charge >= 0.3 is 0 Å². The molecular formula is C15H18N2O2S. The predicted octanol–water partition coefficient (Wildman–Crippen LogP) is 2.40. The lowest BCUT2D eigenvalue weighted by atomic mass is 10.1. The van der Waals surface area contributed by atoms with E-state index in [9.17, 15) is 8.42 Å². The number of nitrogens with two attached hydrogens (primary N) is 1. The fraction of sp³-hybridized carbons (Fsp3) is 0.200. The van der Waals surface area contributed by atoms with E-state index in [2.05, 4.69) is 4.72 Å². The number of hydrogen-bond donors (Lipinski definition) is 2. The van der Waals surface area contributed by atoms with Gasteiger partial charge in [-0.3, -0.25) is 4.72 Å². The van der Waals surface area contributed by atoms with E-state index in [4.69, 9.17) is 5.73 Å². The van der Waals surface area contributed by atoms with Crippen molar-refractivity contribution in [1.29, 1.82) is 0 Å². The lowest BCUT2D eigenvalue weighted by Crippen LogP contribution is -2.16. The van der Waals surface area contributed by atoms with E-state index < -0.39 is 10.0 Å². The Hall–Kier alpha value is -1.85. The Morgan fingerprint density at radius 3 is 2.45 bits per heavy atom. The second kappa shape index (κ2) is 6.07. The fourth-order valence-corrected chi connectivity index (χ4v) is 3.21. The van der Waals surface area contributed by atoms with Crippen LogP contribution in [0.25, 0.3) is 0 Å². The molecule has 0 fully saturated rings. The fourth-order valence-electron chi connectivity index (χ4n) is 1.96. The maximum Gasteiger partial charge on any atom is 0.236 e. The SMILES string of the molecule is Cc1ccccc1NS(=O)(=O)Cc1cccc(CN)c1. The average molecular weight is 290 g/mol. The van der Waals surface area contributed by atoms with E-state index in [1.54, 1.807) is 18.2 Å². The van der Waals surface area contributed by atoms with Gasteiger partial charge in [-0.2, -0.15) is 0 Å². The summed E-state index contributed by atoms with van der Waals surface area (Å²) in [6.45, 7) is 2.27. The monoisotopic (exact) mass is 290 g/mol. The van der Waals surface area contributed by atoms with Gasteiger partial charge in [-0.25, -0.2) is 8.42 Å². The third-order valence-electron chi connectivity index (χ3n) is 2.99. The Balaban J connectivity index is 2.17. The Kier molecular flexibility index (Phi) is 4.42. The molecule has 0 radical (unpaired) electrons. The average Bonchev–Trinajstić information content (AvgIpc) is 2.41. The van der Waals surface area contributed by atoms with Gasteiger partial charge in [0.1, 0.15) is 0 Å². The van der Waals surface area contributed by atoms with Crippen LogP contribution in [0.15, 0.2) is 48.5 Å². The van der Waals surface area contributed by atoms with Gasteiger partial charge in [0.2, 0.25) is 10.0 Å². The minimum atomic E-state index is -3.43. The summed E-state index contributed by atoms with van der Waals surface area (Å²) in [6.07, 6.45) is 0. The molecule has 0 aliphatic carbocycles. The minimum Gasteiger partial charge on any atom is -0.326 e. The lowest BCUT2D eigenvalue weighted by molar-refractivity contribution is 0.600. The van der Waals surface area contributed by atoms with Crippen LogP contribution < -0.4 is 10.5 Å². The molecule has 0 saturated heterocycles. The molecule has 2 rings (SSSR count). The van der Waals surface area contributed by atoms with Crippen molar-refractivity contribution in [2.24, 2.45) is 5.73 Å². The van der Waals surface area contributed by atoms with Crippen LogP contribution in [0.3, 0.4) is 0 Å². The Labute approximate surface area is 119 Å². The van der Waals surface area contributed by atoms with Crippen LogP contribution in [0.5, 0.6) is 0 Å². The number of hydrogen-bond acceptors (Lipinski definition) is 3. The van der Waals surface area contributed by atoms with Crippen molar-refractivity contribution in [3.63, 3.8) is 0 Å². The van der Waals surface area contributed by atoms with E-state index in [1.807, 2.05) is 37.3 Å². The molecule has 3 N–H and O–H groups in total. The van der Waals surface area contributed by atoms with E-state index in [0.717, 1.165) is 16.7 Å². The van der Waals surface area contributed by atoms with Crippen LogP contribution in [0, 0.1) is 6.92 Å². The largest absolute Gasteiger partial charge is 0.326 e. The molecule has 0 aliphatic rings. The third kappa shape index (κ3) is 3.82. The molecule has 0 atom stereocenters. The molecule has 0 aromatic heterocycles. The maximum absolute atomic E-state index is 12.2. The summed E-state index contributed by atoms with van der Waals surface area (Å²) in [5.74, 6) is -0.0603. The molecule has 0 spiro atoms. The van der Waals surface area contributed by atoms with Gasteiger partial charge in [-0.15, -0.1) is 0 Å². The summed E-state index contributed by atoms with van der Waals surface area (Å²) in [6, 6.07) is 14.6. The quantitative estimate of drug-likeness (QED) is 0.888. The molecule has 106 valence electrons. The van der Waals surface area contributed by atoms with Gasteiger partial charge in [0.25, 0.3) is 0 Å². The molecule has 0 aliphatic heterocycles. The van der Waals surface area contributed by atoms with Crippen LogP contribution in [0.4, 0.5) is 5.69 Å². The third-order valence-corrected chi connectivity index (χ3v) is 4.24. The van der Waals surface area contributed by atoms with Crippen LogP contribution in [-0.4, -0.2) is 8.42 Å². The number of para-hydroxylation sites is 1. The number of sulfonamides is 1. The Bertz CT molecular complexity index is 697. The number of aryl methyl sites for hydroxylation is 1. The predicted molar refractivity (Wildman–Crippen MR) is 81.8 cm³/mol. The molecule has 0 amide bonds. The standard InChI is InChI=1S/C15H18N2O2S/c1-12-5-2-3-8-15(12)17-20(18,19)11-14-7-4-6-13(9-14)10-16/h2-9,17H,10-11,16H2,1H3. The topological polar surface area (TPSA) is 72.2 Å². The highest BCUT2D eigenvalue weighted by atomic mass is 32.2. The zero-order valence-electron chi connectivity index (χ0n) is 11.3. The van der Waals surface area contributed by atoms with Crippen molar-refractivity contribution in [1.82, 2.24) is 0 Å². The van der Waals surface area contributed by atoms with Gasteiger partial charge in [0, 0.05) is 6.54 Å². The van der Waals surface area contributed by atoms with Gasteiger partial charge in [0.15, 0.2) is 0 Å². The van der Waals surface area contributed by atoms with Crippen molar-refractivity contribution < 1.29 is 8.42 Å². The van der Waals surface area contributed by atoms with Crippen molar-refractivity contribution in [3.05, 3.63) is 65.2 Å². The minimum absolute atomic E-state index is 0.0603. The highest BCUT2D eigenvalue weighted by Crippen LogP contribution is 2.17. The Morgan fingerprint density at radius 1 is 1.05 bits per heavy atom. The van der Waals surface area contributed by atoms with Crippen LogP contribution in [-0.2, 0) is 22.3 Å². The van der Waals surface area contributed by atoms with E-state index in [1.165, 1.54) is 0 Å². The zero-order chi connectivity index (χ0) is 14.6. The maximum atomic E-state index is 12.2. The molecule has 2 aromatic carbocycles. The van der Waals surface area contributed by atoms with Crippen LogP contribution in [0.1, 0.15) is 16.7 Å². The summed E-state index contributed by atoms with van der Waals surface area (Å²) in [4.78, 5) is 0. The van der Waals surface area contributed by atoms with Crippen molar-refractivity contribution in [2.75, 3.05) is 4.72 Å². The molecule has 0 bridgehead atoms.